The highest BCUT2D eigenvalue weighted by Crippen LogP contribution is 2.35. The molecule has 1 aliphatic rings. The first-order valence-electron chi connectivity index (χ1n) is 8.85. The number of hydrogen-bond acceptors (Lipinski definition) is 4. The van der Waals surface area contributed by atoms with Crippen LogP contribution in [-0.4, -0.2) is 37.0 Å². The lowest BCUT2D eigenvalue weighted by atomic mass is 9.78. The van der Waals surface area contributed by atoms with Crippen molar-refractivity contribution in [3.63, 3.8) is 0 Å². The Hall–Kier alpha value is -1.72. The van der Waals surface area contributed by atoms with Crippen LogP contribution in [0.3, 0.4) is 0 Å². The van der Waals surface area contributed by atoms with E-state index >= 15 is 0 Å². The summed E-state index contributed by atoms with van der Waals surface area (Å²) in [5.74, 6) is -0.174. The van der Waals surface area contributed by atoms with E-state index in [1.165, 1.54) is 38.4 Å². The molecule has 1 aliphatic carbocycles. The summed E-state index contributed by atoms with van der Waals surface area (Å²) in [5, 5.41) is 4.08. The normalized spacial score (nSPS) is 17.1. The first-order valence-corrected chi connectivity index (χ1v) is 9.23. The Balaban J connectivity index is 1.71. The smallest absolute Gasteiger partial charge is 0.255 e. The third-order valence-corrected chi connectivity index (χ3v) is 5.89. The van der Waals surface area contributed by atoms with Crippen molar-refractivity contribution in [3.8, 4) is 0 Å². The van der Waals surface area contributed by atoms with Crippen LogP contribution in [0.4, 0.5) is 5.69 Å². The maximum Gasteiger partial charge on any atom is 0.255 e. The topological polar surface area (TPSA) is 71.5 Å². The van der Waals surface area contributed by atoms with E-state index in [0.29, 0.717) is 33.8 Å². The number of halogens is 1. The predicted octanol–water partition coefficient (Wildman–Crippen LogP) is 4.05. The standard InChI is InChI=1S/C19H26ClN3O2/c1-23(2)19(7-4-3-5-8-19)9-10-22-18(24)14-12-15(20)16(21)13-6-11-25-17(13)14/h6,11-12H,3-5,7-10,21H2,1-2H3,(H,22,24). The zero-order valence-electron chi connectivity index (χ0n) is 14.9. The monoisotopic (exact) mass is 363 g/mol. The Labute approximate surface area is 153 Å². The third kappa shape index (κ3) is 3.48. The molecule has 1 aromatic heterocycles. The van der Waals surface area contributed by atoms with Crippen LogP contribution >= 0.6 is 11.6 Å². The number of rotatable bonds is 5. The molecule has 0 atom stereocenters. The van der Waals surface area contributed by atoms with Gasteiger partial charge in [0.25, 0.3) is 5.91 Å². The molecule has 3 rings (SSSR count). The number of nitrogens with two attached hydrogens (primary N) is 1. The van der Waals surface area contributed by atoms with Crippen LogP contribution in [-0.2, 0) is 0 Å². The first kappa shape index (κ1) is 18.1. The number of benzene rings is 1. The van der Waals surface area contributed by atoms with E-state index in [4.69, 9.17) is 21.8 Å². The van der Waals surface area contributed by atoms with Gasteiger partial charge in [-0.1, -0.05) is 30.9 Å². The van der Waals surface area contributed by atoms with Gasteiger partial charge in [0.1, 0.15) is 5.58 Å². The van der Waals surface area contributed by atoms with Crippen LogP contribution in [0.1, 0.15) is 48.9 Å². The number of fused-ring (bicyclic) bond motifs is 1. The Morgan fingerprint density at radius 1 is 1.36 bits per heavy atom. The molecular formula is C19H26ClN3O2. The van der Waals surface area contributed by atoms with Crippen LogP contribution in [0.5, 0.6) is 0 Å². The highest BCUT2D eigenvalue weighted by Gasteiger charge is 2.33. The molecule has 1 heterocycles. The predicted molar refractivity (Wildman–Crippen MR) is 102 cm³/mol. The highest BCUT2D eigenvalue weighted by atomic mass is 35.5. The maximum absolute atomic E-state index is 12.7. The second-order valence-electron chi connectivity index (χ2n) is 7.17. The summed E-state index contributed by atoms with van der Waals surface area (Å²) in [6.45, 7) is 0.626. The fraction of sp³-hybridized carbons (Fsp3) is 0.526. The summed E-state index contributed by atoms with van der Waals surface area (Å²) in [4.78, 5) is 15.0. The Morgan fingerprint density at radius 2 is 2.08 bits per heavy atom. The van der Waals surface area contributed by atoms with Crippen LogP contribution in [0.15, 0.2) is 22.8 Å². The lowest BCUT2D eigenvalue weighted by molar-refractivity contribution is 0.0836. The van der Waals surface area contributed by atoms with Crippen molar-refractivity contribution >= 4 is 34.2 Å². The molecule has 6 heteroatoms. The molecule has 1 amide bonds. The molecule has 3 N–H and O–H groups in total. The van der Waals surface area contributed by atoms with Gasteiger partial charge in [0.2, 0.25) is 0 Å². The van der Waals surface area contributed by atoms with Crippen molar-refractivity contribution < 1.29 is 9.21 Å². The van der Waals surface area contributed by atoms with Gasteiger partial charge in [0.15, 0.2) is 0 Å². The number of carbonyl (C=O) groups is 1. The maximum atomic E-state index is 12.7. The van der Waals surface area contributed by atoms with Gasteiger partial charge in [0.05, 0.1) is 22.5 Å². The SMILES string of the molecule is CN(C)C1(CCNC(=O)c2cc(Cl)c(N)c3ccoc23)CCCCC1. The Bertz CT molecular complexity index is 763. The summed E-state index contributed by atoms with van der Waals surface area (Å²) in [6.07, 6.45) is 8.66. The zero-order chi connectivity index (χ0) is 18.0. The molecule has 1 aromatic carbocycles. The van der Waals surface area contributed by atoms with E-state index in [1.807, 2.05) is 0 Å². The van der Waals surface area contributed by atoms with E-state index in [0.717, 1.165) is 6.42 Å². The summed E-state index contributed by atoms with van der Waals surface area (Å²) in [6, 6.07) is 3.32. The molecule has 1 saturated carbocycles. The van der Waals surface area contributed by atoms with Crippen LogP contribution in [0.25, 0.3) is 11.0 Å². The van der Waals surface area contributed by atoms with Crippen LogP contribution in [0, 0.1) is 0 Å². The molecule has 2 aromatic rings. The molecular weight excluding hydrogens is 338 g/mol. The van der Waals surface area contributed by atoms with Crippen molar-refractivity contribution in [1.29, 1.82) is 0 Å². The van der Waals surface area contributed by atoms with Gasteiger partial charge in [-0.25, -0.2) is 0 Å². The van der Waals surface area contributed by atoms with E-state index in [1.54, 1.807) is 12.1 Å². The molecule has 1 fully saturated rings. The third-order valence-electron chi connectivity index (χ3n) is 5.58. The first-order chi connectivity index (χ1) is 11.9. The molecule has 136 valence electrons. The molecule has 0 unspecified atom stereocenters. The van der Waals surface area contributed by atoms with E-state index in [-0.39, 0.29) is 11.4 Å². The van der Waals surface area contributed by atoms with Gasteiger partial charge >= 0.3 is 0 Å². The quantitative estimate of drug-likeness (QED) is 0.786. The average molecular weight is 364 g/mol. The van der Waals surface area contributed by atoms with E-state index < -0.39 is 0 Å². The van der Waals surface area contributed by atoms with E-state index in [9.17, 15) is 4.79 Å². The number of nitrogen functional groups attached to an aromatic ring is 1. The van der Waals surface area contributed by atoms with Crippen molar-refractivity contribution in [2.24, 2.45) is 0 Å². The van der Waals surface area contributed by atoms with Gasteiger partial charge in [-0.05, 0) is 45.5 Å². The number of furan rings is 1. The number of nitrogens with one attached hydrogen (secondary N) is 1. The number of hydrogen-bond donors (Lipinski definition) is 2. The van der Waals surface area contributed by atoms with Gasteiger partial charge < -0.3 is 20.4 Å². The Morgan fingerprint density at radius 3 is 2.76 bits per heavy atom. The fourth-order valence-corrected chi connectivity index (χ4v) is 4.14. The average Bonchev–Trinajstić information content (AvgIpc) is 3.08. The summed E-state index contributed by atoms with van der Waals surface area (Å²) in [7, 11) is 4.28. The minimum atomic E-state index is -0.174. The number of anilines is 1. The molecule has 0 radical (unpaired) electrons. The molecule has 25 heavy (non-hydrogen) atoms. The molecule has 0 aliphatic heterocycles. The highest BCUT2D eigenvalue weighted by molar-refractivity contribution is 6.35. The molecule has 0 spiro atoms. The van der Waals surface area contributed by atoms with Crippen molar-refractivity contribution in [2.75, 3.05) is 26.4 Å². The fourth-order valence-electron chi connectivity index (χ4n) is 3.93. The second-order valence-corrected chi connectivity index (χ2v) is 7.58. The Kier molecular flexibility index (Phi) is 5.25. The summed E-state index contributed by atoms with van der Waals surface area (Å²) >= 11 is 6.16. The second kappa shape index (κ2) is 7.26. The van der Waals surface area contributed by atoms with Crippen LogP contribution in [0.2, 0.25) is 5.02 Å². The van der Waals surface area contributed by atoms with Crippen molar-refractivity contribution in [3.05, 3.63) is 29.0 Å². The lowest BCUT2D eigenvalue weighted by Crippen LogP contribution is -2.48. The largest absolute Gasteiger partial charge is 0.463 e. The minimum absolute atomic E-state index is 0.174. The van der Waals surface area contributed by atoms with Gasteiger partial charge in [0, 0.05) is 17.5 Å². The summed E-state index contributed by atoms with van der Waals surface area (Å²) < 4.78 is 5.45. The summed E-state index contributed by atoms with van der Waals surface area (Å²) in [5.41, 5.74) is 7.49. The number of carbonyl (C=O) groups excluding carboxylic acids is 1. The van der Waals surface area contributed by atoms with Crippen LogP contribution < -0.4 is 11.1 Å². The van der Waals surface area contributed by atoms with Gasteiger partial charge in [-0.15, -0.1) is 0 Å². The lowest BCUT2D eigenvalue weighted by Gasteiger charge is -2.43. The molecule has 0 saturated heterocycles. The van der Waals surface area contributed by atoms with Gasteiger partial charge in [-0.3, -0.25) is 4.79 Å². The minimum Gasteiger partial charge on any atom is -0.463 e. The molecule has 0 bridgehead atoms. The van der Waals surface area contributed by atoms with Crippen molar-refractivity contribution in [1.82, 2.24) is 10.2 Å². The van der Waals surface area contributed by atoms with Gasteiger partial charge in [-0.2, -0.15) is 0 Å². The number of amides is 1. The zero-order valence-corrected chi connectivity index (χ0v) is 15.7. The number of nitrogens with zero attached hydrogens (tertiary/aromatic N) is 1. The molecule has 5 nitrogen and oxygen atoms in total. The van der Waals surface area contributed by atoms with E-state index in [2.05, 4.69) is 24.3 Å². The van der Waals surface area contributed by atoms with Crippen molar-refractivity contribution in [2.45, 2.75) is 44.1 Å².